The number of halogens is 2. The predicted molar refractivity (Wildman–Crippen MR) is 76.5 cm³/mol. The Bertz CT molecular complexity index is 526. The van der Waals surface area contributed by atoms with E-state index in [1.807, 2.05) is 0 Å². The summed E-state index contributed by atoms with van der Waals surface area (Å²) in [5.41, 5.74) is 0.508. The highest BCUT2D eigenvalue weighted by atomic mass is 19.2. The maximum absolute atomic E-state index is 13.2. The molecular weight excluding hydrogens is 294 g/mol. The van der Waals surface area contributed by atoms with Crippen LogP contribution in [0.3, 0.4) is 0 Å². The number of benzene rings is 1. The predicted octanol–water partition coefficient (Wildman–Crippen LogP) is 2.08. The van der Waals surface area contributed by atoms with E-state index in [0.29, 0.717) is 31.9 Å². The second kappa shape index (κ2) is 7.51. The van der Waals surface area contributed by atoms with E-state index in [0.717, 1.165) is 12.1 Å². The van der Waals surface area contributed by atoms with Crippen molar-refractivity contribution >= 4 is 6.03 Å². The Kier molecular flexibility index (Phi) is 5.68. The molecule has 2 atom stereocenters. The van der Waals surface area contributed by atoms with Crippen molar-refractivity contribution in [2.75, 3.05) is 33.4 Å². The lowest BCUT2D eigenvalue weighted by molar-refractivity contribution is -0.0496. The fourth-order valence-corrected chi connectivity index (χ4v) is 2.33. The summed E-state index contributed by atoms with van der Waals surface area (Å²) in [6, 6.07) is 2.91. The Balaban J connectivity index is 1.94. The van der Waals surface area contributed by atoms with Gasteiger partial charge in [0.2, 0.25) is 0 Å². The van der Waals surface area contributed by atoms with E-state index < -0.39 is 17.7 Å². The van der Waals surface area contributed by atoms with Gasteiger partial charge in [-0.1, -0.05) is 6.07 Å². The van der Waals surface area contributed by atoms with Crippen molar-refractivity contribution in [3.8, 4) is 0 Å². The first-order valence-electron chi connectivity index (χ1n) is 7.12. The van der Waals surface area contributed by atoms with Crippen LogP contribution in [0.25, 0.3) is 0 Å². The van der Waals surface area contributed by atoms with Crippen molar-refractivity contribution < 1.29 is 23.0 Å². The summed E-state index contributed by atoms with van der Waals surface area (Å²) in [6.45, 7) is 3.50. The van der Waals surface area contributed by atoms with Crippen LogP contribution in [0, 0.1) is 11.6 Å². The van der Waals surface area contributed by atoms with E-state index in [-0.39, 0.29) is 12.1 Å². The monoisotopic (exact) mass is 314 g/mol. The van der Waals surface area contributed by atoms with Crippen molar-refractivity contribution in [3.63, 3.8) is 0 Å². The first-order chi connectivity index (χ1) is 10.5. The molecule has 0 aromatic heterocycles. The fourth-order valence-electron chi connectivity index (χ4n) is 2.33. The molecule has 0 spiro atoms. The van der Waals surface area contributed by atoms with Crippen molar-refractivity contribution in [1.82, 2.24) is 10.2 Å². The van der Waals surface area contributed by atoms with Crippen LogP contribution in [0.4, 0.5) is 13.6 Å². The number of nitrogens with one attached hydrogen (secondary N) is 1. The number of morpholine rings is 1. The van der Waals surface area contributed by atoms with Crippen LogP contribution < -0.4 is 5.32 Å². The molecule has 122 valence electrons. The minimum absolute atomic E-state index is 0.150. The van der Waals surface area contributed by atoms with Crippen LogP contribution in [-0.2, 0) is 9.47 Å². The molecule has 0 saturated carbocycles. The van der Waals surface area contributed by atoms with Crippen molar-refractivity contribution in [3.05, 3.63) is 35.4 Å². The smallest absolute Gasteiger partial charge is 0.318 e. The molecule has 1 aliphatic heterocycles. The summed E-state index contributed by atoms with van der Waals surface area (Å²) in [5, 5.41) is 2.78. The Morgan fingerprint density at radius 2 is 2.27 bits per heavy atom. The number of urea groups is 1. The quantitative estimate of drug-likeness (QED) is 0.926. The van der Waals surface area contributed by atoms with Crippen molar-refractivity contribution in [2.24, 2.45) is 0 Å². The van der Waals surface area contributed by atoms with E-state index in [2.05, 4.69) is 5.32 Å². The summed E-state index contributed by atoms with van der Waals surface area (Å²) < 4.78 is 36.7. The molecule has 2 rings (SSSR count). The van der Waals surface area contributed by atoms with Gasteiger partial charge < -0.3 is 19.7 Å². The number of carbonyl (C=O) groups excluding carboxylic acids is 1. The van der Waals surface area contributed by atoms with Crippen molar-refractivity contribution in [1.29, 1.82) is 0 Å². The van der Waals surface area contributed by atoms with Gasteiger partial charge in [0.25, 0.3) is 0 Å². The molecular formula is C15H20F2N2O3. The lowest BCUT2D eigenvalue weighted by atomic mass is 10.1. The van der Waals surface area contributed by atoms with Crippen LogP contribution in [0.5, 0.6) is 0 Å². The summed E-state index contributed by atoms with van der Waals surface area (Å²) in [4.78, 5) is 13.9. The SMILES string of the molecule is COC[C@@H]1CN(C(=O)N[C@H](C)c2ccc(F)c(F)c2)CCO1. The number of carbonyl (C=O) groups is 1. The van der Waals surface area contributed by atoms with Gasteiger partial charge >= 0.3 is 6.03 Å². The maximum atomic E-state index is 13.2. The molecule has 1 aromatic carbocycles. The first kappa shape index (κ1) is 16.6. The summed E-state index contributed by atoms with van der Waals surface area (Å²) >= 11 is 0. The van der Waals surface area contributed by atoms with Gasteiger partial charge in [0, 0.05) is 13.7 Å². The van der Waals surface area contributed by atoms with Crippen molar-refractivity contribution in [2.45, 2.75) is 19.1 Å². The Labute approximate surface area is 128 Å². The third kappa shape index (κ3) is 4.14. The average molecular weight is 314 g/mol. The lowest BCUT2D eigenvalue weighted by Gasteiger charge is -2.33. The van der Waals surface area contributed by atoms with Gasteiger partial charge in [-0.15, -0.1) is 0 Å². The molecule has 1 fully saturated rings. The summed E-state index contributed by atoms with van der Waals surface area (Å²) in [7, 11) is 1.58. The number of amides is 2. The number of hydrogen-bond acceptors (Lipinski definition) is 3. The van der Waals surface area contributed by atoms with Gasteiger partial charge in [0.15, 0.2) is 11.6 Å². The zero-order valence-corrected chi connectivity index (χ0v) is 12.6. The number of hydrogen-bond donors (Lipinski definition) is 1. The van der Waals surface area contributed by atoms with E-state index in [1.165, 1.54) is 6.07 Å². The van der Waals surface area contributed by atoms with Gasteiger partial charge in [0.05, 0.1) is 31.9 Å². The van der Waals surface area contributed by atoms with Gasteiger partial charge in [-0.2, -0.15) is 0 Å². The lowest BCUT2D eigenvalue weighted by Crippen LogP contribution is -2.51. The number of rotatable bonds is 4. The van der Waals surface area contributed by atoms with Gasteiger partial charge in [-0.25, -0.2) is 13.6 Å². The molecule has 1 saturated heterocycles. The highest BCUT2D eigenvalue weighted by molar-refractivity contribution is 5.74. The highest BCUT2D eigenvalue weighted by Crippen LogP contribution is 2.16. The van der Waals surface area contributed by atoms with E-state index in [1.54, 1.807) is 18.9 Å². The second-order valence-corrected chi connectivity index (χ2v) is 5.24. The summed E-state index contributed by atoms with van der Waals surface area (Å²) in [5.74, 6) is -1.83. The minimum Gasteiger partial charge on any atom is -0.382 e. The Morgan fingerprint density at radius 3 is 2.95 bits per heavy atom. The highest BCUT2D eigenvalue weighted by Gasteiger charge is 2.25. The zero-order chi connectivity index (χ0) is 16.1. The molecule has 1 heterocycles. The van der Waals surface area contributed by atoms with Crippen LogP contribution in [-0.4, -0.2) is 50.4 Å². The molecule has 5 nitrogen and oxygen atoms in total. The fraction of sp³-hybridized carbons (Fsp3) is 0.533. The summed E-state index contributed by atoms with van der Waals surface area (Å²) in [6.07, 6.45) is -0.150. The molecule has 2 amide bonds. The van der Waals surface area contributed by atoms with E-state index in [9.17, 15) is 13.6 Å². The average Bonchev–Trinajstić information content (AvgIpc) is 2.50. The molecule has 1 aromatic rings. The van der Waals surface area contributed by atoms with Gasteiger partial charge in [0.1, 0.15) is 0 Å². The zero-order valence-electron chi connectivity index (χ0n) is 12.6. The largest absolute Gasteiger partial charge is 0.382 e. The molecule has 0 unspecified atom stereocenters. The van der Waals surface area contributed by atoms with Gasteiger partial charge in [-0.05, 0) is 24.6 Å². The molecule has 0 bridgehead atoms. The minimum atomic E-state index is -0.926. The Morgan fingerprint density at radius 1 is 1.50 bits per heavy atom. The second-order valence-electron chi connectivity index (χ2n) is 5.24. The first-order valence-corrected chi connectivity index (χ1v) is 7.12. The molecule has 1 aliphatic rings. The molecule has 0 radical (unpaired) electrons. The number of methoxy groups -OCH3 is 1. The van der Waals surface area contributed by atoms with E-state index >= 15 is 0 Å². The normalized spacial score (nSPS) is 19.8. The number of nitrogens with zero attached hydrogens (tertiary/aromatic N) is 1. The third-order valence-corrected chi connectivity index (χ3v) is 3.56. The number of ether oxygens (including phenoxy) is 2. The topological polar surface area (TPSA) is 50.8 Å². The third-order valence-electron chi connectivity index (χ3n) is 3.56. The standard InChI is InChI=1S/C15H20F2N2O3/c1-10(11-3-4-13(16)14(17)7-11)18-15(20)19-5-6-22-12(8-19)9-21-2/h3-4,7,10,12H,5-6,8-9H2,1-2H3,(H,18,20)/t10-,12+/m1/s1. The van der Waals surface area contributed by atoms with Crippen LogP contribution in [0.1, 0.15) is 18.5 Å². The maximum Gasteiger partial charge on any atom is 0.318 e. The Hall–Kier alpha value is -1.73. The van der Waals surface area contributed by atoms with Crippen LogP contribution in [0.15, 0.2) is 18.2 Å². The van der Waals surface area contributed by atoms with Crippen LogP contribution in [0.2, 0.25) is 0 Å². The molecule has 1 N–H and O–H groups in total. The van der Waals surface area contributed by atoms with E-state index in [4.69, 9.17) is 9.47 Å². The molecule has 22 heavy (non-hydrogen) atoms. The molecule has 0 aliphatic carbocycles. The van der Waals surface area contributed by atoms with Gasteiger partial charge in [-0.3, -0.25) is 0 Å². The molecule has 7 heteroatoms. The van der Waals surface area contributed by atoms with Crippen LogP contribution >= 0.6 is 0 Å².